The minimum atomic E-state index is -4.57. The Morgan fingerprint density at radius 1 is 0.939 bits per heavy atom. The lowest BCUT2D eigenvalue weighted by molar-refractivity contribution is -0.146. The summed E-state index contributed by atoms with van der Waals surface area (Å²) in [5.41, 5.74) is -0.737. The molecule has 3 rings (SSSR count). The first-order valence-electron chi connectivity index (χ1n) is 10.0. The lowest BCUT2D eigenvalue weighted by atomic mass is 9.82. The number of benzene rings is 2. The molecule has 174 valence electrons. The number of anilines is 2. The summed E-state index contributed by atoms with van der Waals surface area (Å²) in [7, 11) is 0. The molecular formula is C23H21F3N2O4S. The molecule has 0 heterocycles. The highest BCUT2D eigenvalue weighted by Gasteiger charge is 2.34. The van der Waals surface area contributed by atoms with Crippen LogP contribution < -0.4 is 10.6 Å². The zero-order valence-corrected chi connectivity index (χ0v) is 18.1. The largest absolute Gasteiger partial charge is 0.481 e. The SMILES string of the molecule is O=C(CSc1ccc(NC(=O)C2CC=CCC2C(=O)O)cc1)Nc1ccccc1C(F)(F)F. The minimum Gasteiger partial charge on any atom is -0.481 e. The Bertz CT molecular complexity index is 1050. The Hall–Kier alpha value is -3.27. The number of amides is 2. The summed E-state index contributed by atoms with van der Waals surface area (Å²) >= 11 is 1.13. The van der Waals surface area contributed by atoms with Gasteiger partial charge >= 0.3 is 12.1 Å². The maximum atomic E-state index is 13.0. The van der Waals surface area contributed by atoms with Gasteiger partial charge in [0.25, 0.3) is 0 Å². The number of para-hydroxylation sites is 1. The summed E-state index contributed by atoms with van der Waals surface area (Å²) in [6, 6.07) is 11.3. The van der Waals surface area contributed by atoms with Crippen LogP contribution in [0.2, 0.25) is 0 Å². The van der Waals surface area contributed by atoms with Crippen LogP contribution in [0.1, 0.15) is 18.4 Å². The van der Waals surface area contributed by atoms with Gasteiger partial charge in [-0.3, -0.25) is 14.4 Å². The number of carbonyl (C=O) groups is 3. The number of hydrogen-bond donors (Lipinski definition) is 3. The molecule has 3 N–H and O–H groups in total. The van der Waals surface area contributed by atoms with E-state index in [-0.39, 0.29) is 17.3 Å². The van der Waals surface area contributed by atoms with Gasteiger partial charge in [0, 0.05) is 10.6 Å². The number of aliphatic carboxylic acids is 1. The molecule has 6 nitrogen and oxygen atoms in total. The molecule has 10 heteroatoms. The van der Waals surface area contributed by atoms with E-state index in [0.717, 1.165) is 17.8 Å². The second-order valence-corrected chi connectivity index (χ2v) is 8.44. The van der Waals surface area contributed by atoms with Crippen molar-refractivity contribution in [1.82, 2.24) is 0 Å². The molecule has 1 aliphatic carbocycles. The van der Waals surface area contributed by atoms with E-state index >= 15 is 0 Å². The molecule has 2 unspecified atom stereocenters. The third-order valence-electron chi connectivity index (χ3n) is 5.08. The van der Waals surface area contributed by atoms with Gasteiger partial charge in [0.15, 0.2) is 0 Å². The number of carboxylic acids is 1. The highest BCUT2D eigenvalue weighted by Crippen LogP contribution is 2.34. The average Bonchev–Trinajstić information content (AvgIpc) is 2.78. The summed E-state index contributed by atoms with van der Waals surface area (Å²) in [6.45, 7) is 0. The number of carboxylic acid groups (broad SMARTS) is 1. The van der Waals surface area contributed by atoms with Gasteiger partial charge in [0.05, 0.1) is 28.8 Å². The fourth-order valence-corrected chi connectivity index (χ4v) is 4.12. The molecule has 0 aromatic heterocycles. The van der Waals surface area contributed by atoms with Crippen LogP contribution in [0.5, 0.6) is 0 Å². The topological polar surface area (TPSA) is 95.5 Å². The van der Waals surface area contributed by atoms with Crippen LogP contribution in [0.15, 0.2) is 65.6 Å². The molecule has 0 radical (unpaired) electrons. The van der Waals surface area contributed by atoms with Crippen molar-refractivity contribution in [1.29, 1.82) is 0 Å². The van der Waals surface area contributed by atoms with Crippen LogP contribution in [-0.4, -0.2) is 28.6 Å². The van der Waals surface area contributed by atoms with Gasteiger partial charge in [-0.2, -0.15) is 13.2 Å². The van der Waals surface area contributed by atoms with Crippen LogP contribution in [0, 0.1) is 11.8 Å². The Morgan fingerprint density at radius 2 is 1.58 bits per heavy atom. The summed E-state index contributed by atoms with van der Waals surface area (Å²) in [6.07, 6.45) is -0.370. The standard InChI is InChI=1S/C23H21F3N2O4S/c24-23(25,26)18-7-3-4-8-19(18)28-20(29)13-33-15-11-9-14(10-12-15)27-21(30)16-5-1-2-6-17(16)22(31)32/h1-4,7-12,16-17H,5-6,13H2,(H,27,30)(H,28,29)(H,31,32). The van der Waals surface area contributed by atoms with E-state index in [4.69, 9.17) is 0 Å². The van der Waals surface area contributed by atoms with Gasteiger partial charge in [0.2, 0.25) is 11.8 Å². The molecule has 0 spiro atoms. The van der Waals surface area contributed by atoms with Gasteiger partial charge in [0.1, 0.15) is 0 Å². The third kappa shape index (κ3) is 6.61. The van der Waals surface area contributed by atoms with E-state index in [1.54, 1.807) is 36.4 Å². The first-order chi connectivity index (χ1) is 15.6. The van der Waals surface area contributed by atoms with E-state index in [2.05, 4.69) is 10.6 Å². The lowest BCUT2D eigenvalue weighted by Crippen LogP contribution is -2.34. The molecule has 0 saturated heterocycles. The number of rotatable bonds is 7. The first kappa shape index (κ1) is 24.4. The van der Waals surface area contributed by atoms with Crippen molar-refractivity contribution in [2.24, 2.45) is 11.8 Å². The molecular weight excluding hydrogens is 457 g/mol. The zero-order chi connectivity index (χ0) is 24.0. The molecule has 2 aromatic rings. The molecule has 0 bridgehead atoms. The number of thioether (sulfide) groups is 1. The molecule has 2 amide bonds. The second-order valence-electron chi connectivity index (χ2n) is 7.39. The summed E-state index contributed by atoms with van der Waals surface area (Å²) in [5.74, 6) is -3.51. The monoisotopic (exact) mass is 478 g/mol. The number of allylic oxidation sites excluding steroid dienone is 2. The summed E-state index contributed by atoms with van der Waals surface area (Å²) in [4.78, 5) is 36.7. The van der Waals surface area contributed by atoms with Gasteiger partial charge in [-0.1, -0.05) is 24.3 Å². The van der Waals surface area contributed by atoms with Crippen LogP contribution in [-0.2, 0) is 20.6 Å². The van der Waals surface area contributed by atoms with Crippen LogP contribution >= 0.6 is 11.8 Å². The average molecular weight is 478 g/mol. The van der Waals surface area contributed by atoms with Crippen molar-refractivity contribution in [3.05, 3.63) is 66.2 Å². The van der Waals surface area contributed by atoms with E-state index < -0.39 is 35.5 Å². The van der Waals surface area contributed by atoms with Crippen molar-refractivity contribution in [3.8, 4) is 0 Å². The first-order valence-corrected chi connectivity index (χ1v) is 11.0. The van der Waals surface area contributed by atoms with Gasteiger partial charge < -0.3 is 15.7 Å². The number of hydrogen-bond acceptors (Lipinski definition) is 4. The Balaban J connectivity index is 1.54. The van der Waals surface area contributed by atoms with Crippen molar-refractivity contribution in [2.45, 2.75) is 23.9 Å². The number of carbonyl (C=O) groups excluding carboxylic acids is 2. The predicted octanol–water partition coefficient (Wildman–Crippen LogP) is 5.04. The molecule has 2 aromatic carbocycles. The Morgan fingerprint density at radius 3 is 2.21 bits per heavy atom. The smallest absolute Gasteiger partial charge is 0.418 e. The summed E-state index contributed by atoms with van der Waals surface area (Å²) < 4.78 is 39.1. The van der Waals surface area contributed by atoms with Crippen molar-refractivity contribution >= 4 is 40.9 Å². The fraction of sp³-hybridized carbons (Fsp3) is 0.261. The van der Waals surface area contributed by atoms with E-state index in [1.165, 1.54) is 18.2 Å². The van der Waals surface area contributed by atoms with Crippen molar-refractivity contribution in [2.75, 3.05) is 16.4 Å². The maximum absolute atomic E-state index is 13.0. The van der Waals surface area contributed by atoms with Crippen molar-refractivity contribution in [3.63, 3.8) is 0 Å². The quantitative estimate of drug-likeness (QED) is 0.383. The fourth-order valence-electron chi connectivity index (χ4n) is 3.42. The normalized spacial score (nSPS) is 17.9. The highest BCUT2D eigenvalue weighted by molar-refractivity contribution is 8.00. The van der Waals surface area contributed by atoms with Gasteiger partial charge in [-0.15, -0.1) is 11.8 Å². The maximum Gasteiger partial charge on any atom is 0.418 e. The Labute approximate surface area is 192 Å². The zero-order valence-electron chi connectivity index (χ0n) is 17.3. The summed E-state index contributed by atoms with van der Waals surface area (Å²) in [5, 5.41) is 14.3. The predicted molar refractivity (Wildman–Crippen MR) is 119 cm³/mol. The number of alkyl halides is 3. The molecule has 2 atom stereocenters. The van der Waals surface area contributed by atoms with E-state index in [1.807, 2.05) is 0 Å². The second kappa shape index (κ2) is 10.6. The molecule has 0 fully saturated rings. The highest BCUT2D eigenvalue weighted by atomic mass is 32.2. The molecule has 0 aliphatic heterocycles. The molecule has 33 heavy (non-hydrogen) atoms. The third-order valence-corrected chi connectivity index (χ3v) is 6.10. The molecule has 1 aliphatic rings. The van der Waals surface area contributed by atoms with Gasteiger partial charge in [-0.25, -0.2) is 0 Å². The lowest BCUT2D eigenvalue weighted by Gasteiger charge is -2.24. The number of halogens is 3. The van der Waals surface area contributed by atoms with Crippen LogP contribution in [0.4, 0.5) is 24.5 Å². The van der Waals surface area contributed by atoms with Crippen LogP contribution in [0.3, 0.4) is 0 Å². The van der Waals surface area contributed by atoms with Crippen LogP contribution in [0.25, 0.3) is 0 Å². The van der Waals surface area contributed by atoms with E-state index in [9.17, 15) is 32.7 Å². The Kier molecular flexibility index (Phi) is 7.80. The minimum absolute atomic E-state index is 0.105. The number of nitrogens with one attached hydrogen (secondary N) is 2. The van der Waals surface area contributed by atoms with Crippen molar-refractivity contribution < 1.29 is 32.7 Å². The van der Waals surface area contributed by atoms with E-state index in [0.29, 0.717) is 23.4 Å². The van der Waals surface area contributed by atoms with Gasteiger partial charge in [-0.05, 0) is 49.2 Å². The molecule has 0 saturated carbocycles.